The van der Waals surface area contributed by atoms with E-state index in [2.05, 4.69) is 26.1 Å². The highest BCUT2D eigenvalue weighted by atomic mass is 19.1. The first-order valence-corrected chi connectivity index (χ1v) is 7.33. The zero-order chi connectivity index (χ0) is 15.9. The molecule has 0 radical (unpaired) electrons. The van der Waals surface area contributed by atoms with Crippen molar-refractivity contribution in [1.82, 2.24) is 5.32 Å². The molecule has 116 valence electrons. The van der Waals surface area contributed by atoms with Gasteiger partial charge in [-0.15, -0.1) is 0 Å². The summed E-state index contributed by atoms with van der Waals surface area (Å²) in [6.45, 7) is 7.13. The van der Waals surface area contributed by atoms with E-state index in [0.717, 1.165) is 12.8 Å². The smallest absolute Gasteiger partial charge is 0.220 e. The first-order valence-electron chi connectivity index (χ1n) is 7.33. The Morgan fingerprint density at radius 3 is 2.29 bits per heavy atom. The summed E-state index contributed by atoms with van der Waals surface area (Å²) in [5, 5.41) is 2.82. The molecule has 1 N–H and O–H groups in total. The van der Waals surface area contributed by atoms with Gasteiger partial charge in [0.05, 0.1) is 0 Å². The monoisotopic (exact) mass is 293 g/mol. The van der Waals surface area contributed by atoms with E-state index < -0.39 is 0 Å². The van der Waals surface area contributed by atoms with Gasteiger partial charge < -0.3 is 5.32 Å². The summed E-state index contributed by atoms with van der Waals surface area (Å²) in [6, 6.07) is 5.39. The first kappa shape index (κ1) is 17.3. The normalized spacial score (nSPS) is 11.2. The SMILES string of the molecule is CC(C)(C)CCCNC(=O)CCC(=O)c1ccc(F)cc1. The van der Waals surface area contributed by atoms with E-state index in [9.17, 15) is 14.0 Å². The van der Waals surface area contributed by atoms with Crippen LogP contribution in [0.25, 0.3) is 0 Å². The van der Waals surface area contributed by atoms with Gasteiger partial charge >= 0.3 is 0 Å². The number of halogens is 1. The van der Waals surface area contributed by atoms with Gasteiger partial charge in [-0.1, -0.05) is 20.8 Å². The summed E-state index contributed by atoms with van der Waals surface area (Å²) >= 11 is 0. The highest BCUT2D eigenvalue weighted by molar-refractivity contribution is 5.97. The van der Waals surface area contributed by atoms with Crippen LogP contribution in [0, 0.1) is 11.2 Å². The van der Waals surface area contributed by atoms with E-state index >= 15 is 0 Å². The van der Waals surface area contributed by atoms with Gasteiger partial charge in [0.15, 0.2) is 5.78 Å². The second kappa shape index (κ2) is 7.91. The van der Waals surface area contributed by atoms with Crippen LogP contribution in [0.1, 0.15) is 56.8 Å². The van der Waals surface area contributed by atoms with Gasteiger partial charge in [-0.3, -0.25) is 9.59 Å². The van der Waals surface area contributed by atoms with Crippen LogP contribution in [0.3, 0.4) is 0 Å². The summed E-state index contributed by atoms with van der Waals surface area (Å²) in [7, 11) is 0. The van der Waals surface area contributed by atoms with Crippen molar-refractivity contribution < 1.29 is 14.0 Å². The molecule has 0 saturated heterocycles. The number of carbonyl (C=O) groups excluding carboxylic acids is 2. The van der Waals surface area contributed by atoms with Crippen molar-refractivity contribution in [2.24, 2.45) is 5.41 Å². The number of ketones is 1. The molecule has 0 aliphatic rings. The number of rotatable bonds is 7. The van der Waals surface area contributed by atoms with Crippen molar-refractivity contribution in [2.45, 2.75) is 46.5 Å². The van der Waals surface area contributed by atoms with E-state index in [1.807, 2.05) is 0 Å². The molecule has 0 spiro atoms. The molecule has 4 heteroatoms. The minimum Gasteiger partial charge on any atom is -0.356 e. The molecule has 0 unspecified atom stereocenters. The maximum atomic E-state index is 12.7. The van der Waals surface area contributed by atoms with Crippen LogP contribution in [0.5, 0.6) is 0 Å². The lowest BCUT2D eigenvalue weighted by Crippen LogP contribution is -2.25. The van der Waals surface area contributed by atoms with Gasteiger partial charge in [-0.05, 0) is 42.5 Å². The Balaban J connectivity index is 2.23. The van der Waals surface area contributed by atoms with E-state index in [0.29, 0.717) is 12.1 Å². The molecule has 0 aliphatic heterocycles. The van der Waals surface area contributed by atoms with Crippen LogP contribution in [-0.4, -0.2) is 18.2 Å². The lowest BCUT2D eigenvalue weighted by Gasteiger charge is -2.17. The molecule has 0 fully saturated rings. The van der Waals surface area contributed by atoms with Gasteiger partial charge in [0.1, 0.15) is 5.82 Å². The van der Waals surface area contributed by atoms with Crippen LogP contribution in [0.4, 0.5) is 4.39 Å². The average Bonchev–Trinajstić information content (AvgIpc) is 2.41. The number of hydrogen-bond donors (Lipinski definition) is 1. The topological polar surface area (TPSA) is 46.2 Å². The van der Waals surface area contributed by atoms with Crippen molar-refractivity contribution >= 4 is 11.7 Å². The largest absolute Gasteiger partial charge is 0.356 e. The fourth-order valence-corrected chi connectivity index (χ4v) is 1.94. The maximum Gasteiger partial charge on any atom is 0.220 e. The zero-order valence-electron chi connectivity index (χ0n) is 13.0. The zero-order valence-corrected chi connectivity index (χ0v) is 13.0. The van der Waals surface area contributed by atoms with Crippen LogP contribution in [0.2, 0.25) is 0 Å². The van der Waals surface area contributed by atoms with Crippen LogP contribution < -0.4 is 5.32 Å². The molecule has 1 aromatic carbocycles. The molecule has 1 rings (SSSR count). The molecule has 21 heavy (non-hydrogen) atoms. The summed E-state index contributed by atoms with van der Waals surface area (Å²) in [4.78, 5) is 23.5. The molecular weight excluding hydrogens is 269 g/mol. The van der Waals surface area contributed by atoms with Crippen LogP contribution in [-0.2, 0) is 4.79 Å². The quantitative estimate of drug-likeness (QED) is 0.615. The molecule has 0 atom stereocenters. The Kier molecular flexibility index (Phi) is 6.53. The minimum absolute atomic E-state index is 0.112. The number of hydrogen-bond acceptors (Lipinski definition) is 2. The van der Waals surface area contributed by atoms with E-state index in [4.69, 9.17) is 0 Å². The predicted molar refractivity (Wildman–Crippen MR) is 81.7 cm³/mol. The number of amides is 1. The van der Waals surface area contributed by atoms with Crippen molar-refractivity contribution in [2.75, 3.05) is 6.54 Å². The summed E-state index contributed by atoms with van der Waals surface area (Å²) in [5.74, 6) is -0.623. The van der Waals surface area contributed by atoms with Gasteiger partial charge in [0.25, 0.3) is 0 Å². The summed E-state index contributed by atoms with van der Waals surface area (Å²) in [6.07, 6.45) is 2.30. The fraction of sp³-hybridized carbons (Fsp3) is 0.529. The van der Waals surface area contributed by atoms with Crippen molar-refractivity contribution in [3.63, 3.8) is 0 Å². The van der Waals surface area contributed by atoms with Gasteiger partial charge in [0.2, 0.25) is 5.91 Å². The highest BCUT2D eigenvalue weighted by Gasteiger charge is 2.11. The second-order valence-electron chi connectivity index (χ2n) is 6.44. The van der Waals surface area contributed by atoms with E-state index in [-0.39, 0.29) is 35.8 Å². The average molecular weight is 293 g/mol. The van der Waals surface area contributed by atoms with Crippen LogP contribution in [0.15, 0.2) is 24.3 Å². The summed E-state index contributed by atoms with van der Waals surface area (Å²) in [5.41, 5.74) is 0.709. The molecule has 0 bridgehead atoms. The third-order valence-electron chi connectivity index (χ3n) is 3.17. The van der Waals surface area contributed by atoms with Crippen molar-refractivity contribution in [3.8, 4) is 0 Å². The Morgan fingerprint density at radius 2 is 1.71 bits per heavy atom. The number of Topliss-reactive ketones (excluding diaryl/α,β-unsaturated/α-hetero) is 1. The van der Waals surface area contributed by atoms with Crippen LogP contribution >= 0.6 is 0 Å². The molecule has 1 aromatic rings. The van der Waals surface area contributed by atoms with Gasteiger partial charge in [0, 0.05) is 24.9 Å². The molecule has 0 saturated carbocycles. The number of benzene rings is 1. The first-order chi connectivity index (χ1) is 9.78. The maximum absolute atomic E-state index is 12.7. The molecule has 0 heterocycles. The molecule has 1 amide bonds. The molecule has 0 aromatic heterocycles. The Morgan fingerprint density at radius 1 is 1.10 bits per heavy atom. The molecule has 0 aliphatic carbocycles. The van der Waals surface area contributed by atoms with Crippen molar-refractivity contribution in [3.05, 3.63) is 35.6 Å². The highest BCUT2D eigenvalue weighted by Crippen LogP contribution is 2.19. The minimum atomic E-state index is -0.372. The third-order valence-corrected chi connectivity index (χ3v) is 3.17. The second-order valence-corrected chi connectivity index (χ2v) is 6.44. The number of carbonyl (C=O) groups is 2. The molecular formula is C17H24FNO2. The van der Waals surface area contributed by atoms with Gasteiger partial charge in [-0.2, -0.15) is 0 Å². The fourth-order valence-electron chi connectivity index (χ4n) is 1.94. The predicted octanol–water partition coefficient (Wildman–Crippen LogP) is 3.73. The third kappa shape index (κ3) is 7.59. The summed E-state index contributed by atoms with van der Waals surface area (Å²) < 4.78 is 12.7. The van der Waals surface area contributed by atoms with Crippen molar-refractivity contribution in [1.29, 1.82) is 0 Å². The van der Waals surface area contributed by atoms with Gasteiger partial charge in [-0.25, -0.2) is 4.39 Å². The number of nitrogens with one attached hydrogen (secondary N) is 1. The standard InChI is InChI=1S/C17H24FNO2/c1-17(2,3)11-4-12-19-16(21)10-9-15(20)13-5-7-14(18)8-6-13/h5-8H,4,9-12H2,1-3H3,(H,19,21). The van der Waals surface area contributed by atoms with E-state index in [1.54, 1.807) is 0 Å². The lowest BCUT2D eigenvalue weighted by atomic mass is 9.91. The Bertz CT molecular complexity index is 475. The van der Waals surface area contributed by atoms with E-state index in [1.165, 1.54) is 24.3 Å². The Labute approximate surface area is 125 Å². The Hall–Kier alpha value is -1.71. The lowest BCUT2D eigenvalue weighted by molar-refractivity contribution is -0.121. The molecule has 3 nitrogen and oxygen atoms in total.